The van der Waals surface area contributed by atoms with E-state index >= 15 is 0 Å². The molecule has 0 saturated heterocycles. The average molecular weight is 509 g/mol. The van der Waals surface area contributed by atoms with Crippen LogP contribution >= 0.6 is 23.1 Å². The molecule has 176 valence electrons. The lowest BCUT2D eigenvalue weighted by molar-refractivity contribution is -0.116. The molecule has 2 aromatic carbocycles. The highest BCUT2D eigenvalue weighted by molar-refractivity contribution is 8.00. The summed E-state index contributed by atoms with van der Waals surface area (Å²) in [5.74, 6) is 0.980. The fourth-order valence-electron chi connectivity index (χ4n) is 3.02. The summed E-state index contributed by atoms with van der Waals surface area (Å²) in [5.41, 5.74) is 1.42. The van der Waals surface area contributed by atoms with Crippen LogP contribution in [-0.2, 0) is 20.6 Å². The van der Waals surface area contributed by atoms with Gasteiger partial charge >= 0.3 is 0 Å². The van der Waals surface area contributed by atoms with Crippen LogP contribution in [0.5, 0.6) is 11.5 Å². The Kier molecular flexibility index (Phi) is 8.16. The molecular weight excluding hydrogens is 484 g/mol. The first kappa shape index (κ1) is 24.8. The number of aromatic nitrogens is 2. The summed E-state index contributed by atoms with van der Waals surface area (Å²) in [5, 5.41) is 11.1. The largest absolute Gasteiger partial charge is 0.493 e. The van der Waals surface area contributed by atoms with Crippen LogP contribution in [0.3, 0.4) is 0 Å². The van der Waals surface area contributed by atoms with Crippen LogP contribution in [0, 0.1) is 0 Å². The summed E-state index contributed by atoms with van der Waals surface area (Å²) in [4.78, 5) is 12.9. The quantitative estimate of drug-likeness (QED) is 0.326. The maximum atomic E-state index is 12.9. The fraction of sp³-hybridized carbons (Fsp3) is 0.286. The van der Waals surface area contributed by atoms with Gasteiger partial charge < -0.3 is 9.47 Å². The van der Waals surface area contributed by atoms with Crippen LogP contribution in [0.25, 0.3) is 0 Å². The lowest BCUT2D eigenvalue weighted by atomic mass is 10.2. The smallest absolute Gasteiger partial charge is 0.249 e. The molecule has 0 bridgehead atoms. The van der Waals surface area contributed by atoms with Crippen LogP contribution < -0.4 is 19.1 Å². The second-order valence-corrected chi connectivity index (χ2v) is 11.0. The van der Waals surface area contributed by atoms with E-state index in [0.717, 1.165) is 21.9 Å². The Bertz CT molecular complexity index is 1200. The van der Waals surface area contributed by atoms with Crippen LogP contribution in [0.4, 0.5) is 10.8 Å². The number of hydrogen-bond acceptors (Lipinski definition) is 9. The Hall–Kier alpha value is -2.83. The molecule has 0 unspecified atom stereocenters. The van der Waals surface area contributed by atoms with Gasteiger partial charge in [-0.25, -0.2) is 8.42 Å². The topological polar surface area (TPSA) is 111 Å². The zero-order valence-corrected chi connectivity index (χ0v) is 21.0. The Morgan fingerprint density at radius 3 is 2.45 bits per heavy atom. The van der Waals surface area contributed by atoms with Gasteiger partial charge in [-0.15, -0.1) is 10.2 Å². The summed E-state index contributed by atoms with van der Waals surface area (Å²) in [6.45, 7) is 1.50. The molecule has 0 aliphatic rings. The SMILES string of the molecule is COc1ccc(N([C@@H](C)C(=O)Nc2nnc(SCc3ccccc3)s2)S(C)(=O)=O)cc1OC. The molecule has 33 heavy (non-hydrogen) atoms. The van der Waals surface area contributed by atoms with Crippen molar-refractivity contribution in [2.24, 2.45) is 0 Å². The number of methoxy groups -OCH3 is 2. The third kappa shape index (κ3) is 6.36. The van der Waals surface area contributed by atoms with Gasteiger partial charge in [0.1, 0.15) is 6.04 Å². The second-order valence-electron chi connectivity index (χ2n) is 6.91. The maximum Gasteiger partial charge on any atom is 0.249 e. The number of ether oxygens (including phenoxy) is 2. The van der Waals surface area contributed by atoms with Gasteiger partial charge in [0.15, 0.2) is 15.8 Å². The number of amides is 1. The van der Waals surface area contributed by atoms with Crippen molar-refractivity contribution in [3.05, 3.63) is 54.1 Å². The second kappa shape index (κ2) is 10.9. The van der Waals surface area contributed by atoms with E-state index < -0.39 is 22.0 Å². The van der Waals surface area contributed by atoms with E-state index in [4.69, 9.17) is 9.47 Å². The van der Waals surface area contributed by atoms with Gasteiger partial charge in [-0.1, -0.05) is 53.4 Å². The van der Waals surface area contributed by atoms with Gasteiger partial charge in [0.25, 0.3) is 0 Å². The average Bonchev–Trinajstić information content (AvgIpc) is 3.24. The van der Waals surface area contributed by atoms with Crippen molar-refractivity contribution in [1.29, 1.82) is 0 Å². The zero-order valence-electron chi connectivity index (χ0n) is 18.5. The lowest BCUT2D eigenvalue weighted by Gasteiger charge is -2.28. The van der Waals surface area contributed by atoms with E-state index in [9.17, 15) is 13.2 Å². The van der Waals surface area contributed by atoms with E-state index in [1.54, 1.807) is 12.1 Å². The molecule has 3 rings (SSSR count). The van der Waals surface area contributed by atoms with Crippen molar-refractivity contribution in [3.8, 4) is 11.5 Å². The maximum absolute atomic E-state index is 12.9. The first-order valence-corrected chi connectivity index (χ1v) is 13.4. The summed E-state index contributed by atoms with van der Waals surface area (Å²) in [7, 11) is -0.861. The first-order chi connectivity index (χ1) is 15.7. The molecule has 1 amide bonds. The minimum absolute atomic E-state index is 0.272. The number of rotatable bonds is 10. The summed E-state index contributed by atoms with van der Waals surface area (Å²) >= 11 is 2.73. The van der Waals surface area contributed by atoms with Gasteiger partial charge in [0, 0.05) is 11.8 Å². The standard InChI is InChI=1S/C21H24N4O5S3/c1-14(25(33(4,27)28)16-10-11-17(29-2)18(12-16)30-3)19(26)22-20-23-24-21(32-20)31-13-15-8-6-5-7-9-15/h5-12,14H,13H2,1-4H3,(H,22,23,26)/t14-/m0/s1. The number of thioether (sulfide) groups is 1. The molecule has 0 spiro atoms. The number of anilines is 2. The predicted octanol–water partition coefficient (Wildman–Crippen LogP) is 3.64. The summed E-state index contributed by atoms with van der Waals surface area (Å²) in [6.07, 6.45) is 1.04. The predicted molar refractivity (Wildman–Crippen MR) is 131 cm³/mol. The number of nitrogens with zero attached hydrogens (tertiary/aromatic N) is 3. The minimum Gasteiger partial charge on any atom is -0.493 e. The van der Waals surface area contributed by atoms with Crippen molar-refractivity contribution in [1.82, 2.24) is 10.2 Å². The molecule has 0 aliphatic carbocycles. The van der Waals surface area contributed by atoms with Crippen molar-refractivity contribution >= 4 is 49.8 Å². The number of hydrogen-bond donors (Lipinski definition) is 1. The van der Waals surface area contributed by atoms with Gasteiger partial charge in [-0.05, 0) is 24.6 Å². The van der Waals surface area contributed by atoms with Gasteiger partial charge in [-0.3, -0.25) is 14.4 Å². The minimum atomic E-state index is -3.79. The summed E-state index contributed by atoms with van der Waals surface area (Å²) in [6, 6.07) is 13.5. The zero-order chi connectivity index (χ0) is 24.0. The highest BCUT2D eigenvalue weighted by atomic mass is 32.2. The molecule has 12 heteroatoms. The highest BCUT2D eigenvalue weighted by Crippen LogP contribution is 2.34. The molecule has 3 aromatic rings. The van der Waals surface area contributed by atoms with Gasteiger partial charge in [0.05, 0.1) is 26.2 Å². The Balaban J connectivity index is 1.73. The third-order valence-corrected chi connectivity index (χ3v) is 7.84. The molecule has 0 fully saturated rings. The molecule has 0 aliphatic heterocycles. The third-order valence-electron chi connectivity index (χ3n) is 4.55. The molecule has 0 saturated carbocycles. The van der Waals surface area contributed by atoms with Crippen molar-refractivity contribution in [2.75, 3.05) is 30.1 Å². The molecule has 1 aromatic heterocycles. The summed E-state index contributed by atoms with van der Waals surface area (Å²) < 4.78 is 37.3. The van der Waals surface area contributed by atoms with Crippen LogP contribution in [-0.4, -0.2) is 51.0 Å². The number of carbonyl (C=O) groups is 1. The number of carbonyl (C=O) groups excluding carboxylic acids is 1. The number of benzene rings is 2. The molecule has 1 heterocycles. The normalized spacial score (nSPS) is 12.1. The Labute approximate surface area is 201 Å². The first-order valence-electron chi connectivity index (χ1n) is 9.75. The highest BCUT2D eigenvalue weighted by Gasteiger charge is 2.30. The molecule has 1 atom stereocenters. The number of nitrogens with one attached hydrogen (secondary N) is 1. The van der Waals surface area contributed by atoms with E-state index in [2.05, 4.69) is 15.5 Å². The van der Waals surface area contributed by atoms with Gasteiger partial charge in [0.2, 0.25) is 21.1 Å². The van der Waals surface area contributed by atoms with E-state index in [-0.39, 0.29) is 5.69 Å². The lowest BCUT2D eigenvalue weighted by Crippen LogP contribution is -2.45. The molecule has 0 radical (unpaired) electrons. The van der Waals surface area contributed by atoms with Crippen LogP contribution in [0.2, 0.25) is 0 Å². The van der Waals surface area contributed by atoms with E-state index in [1.807, 2.05) is 30.3 Å². The number of sulfonamides is 1. The van der Waals surface area contributed by atoms with E-state index in [1.165, 1.54) is 50.3 Å². The van der Waals surface area contributed by atoms with Crippen molar-refractivity contribution in [2.45, 2.75) is 23.1 Å². The Morgan fingerprint density at radius 1 is 1.12 bits per heavy atom. The molecule has 1 N–H and O–H groups in total. The Morgan fingerprint density at radius 2 is 1.82 bits per heavy atom. The van der Waals surface area contributed by atoms with Crippen molar-refractivity contribution in [3.63, 3.8) is 0 Å². The molecular formula is C21H24N4O5S3. The monoisotopic (exact) mass is 508 g/mol. The van der Waals surface area contributed by atoms with Crippen LogP contribution in [0.1, 0.15) is 12.5 Å². The van der Waals surface area contributed by atoms with Gasteiger partial charge in [-0.2, -0.15) is 0 Å². The van der Waals surface area contributed by atoms with Crippen LogP contribution in [0.15, 0.2) is 52.9 Å². The fourth-order valence-corrected chi connectivity index (χ4v) is 5.90. The van der Waals surface area contributed by atoms with E-state index in [0.29, 0.717) is 21.0 Å². The molecule has 9 nitrogen and oxygen atoms in total. The van der Waals surface area contributed by atoms with Crippen molar-refractivity contribution < 1.29 is 22.7 Å².